The highest BCUT2D eigenvalue weighted by Gasteiger charge is 2.39. The van der Waals surface area contributed by atoms with E-state index in [9.17, 15) is 9.59 Å². The van der Waals surface area contributed by atoms with E-state index < -0.39 is 11.9 Å². The van der Waals surface area contributed by atoms with Gasteiger partial charge in [-0.25, -0.2) is 0 Å². The maximum Gasteiger partial charge on any atom is 0.311 e. The van der Waals surface area contributed by atoms with Crippen LogP contribution < -0.4 is 0 Å². The van der Waals surface area contributed by atoms with Crippen LogP contribution >= 0.6 is 11.8 Å². The number of hydrogen-bond acceptors (Lipinski definition) is 4. The molecule has 0 saturated carbocycles. The van der Waals surface area contributed by atoms with Crippen molar-refractivity contribution in [3.05, 3.63) is 0 Å². The highest BCUT2D eigenvalue weighted by atomic mass is 32.2. The molecule has 6 heteroatoms. The van der Waals surface area contributed by atoms with Gasteiger partial charge in [0.05, 0.1) is 25.0 Å². The van der Waals surface area contributed by atoms with Crippen molar-refractivity contribution in [2.75, 3.05) is 31.8 Å². The molecule has 1 saturated heterocycles. The van der Waals surface area contributed by atoms with Crippen molar-refractivity contribution >= 4 is 23.6 Å². The van der Waals surface area contributed by atoms with Crippen LogP contribution in [0, 0.1) is 5.92 Å². The molecule has 16 heavy (non-hydrogen) atoms. The zero-order valence-corrected chi connectivity index (χ0v) is 10.3. The van der Waals surface area contributed by atoms with Crippen molar-refractivity contribution in [1.82, 2.24) is 4.90 Å². The molecule has 1 aliphatic heterocycles. The molecule has 0 spiro atoms. The fourth-order valence-electron chi connectivity index (χ4n) is 1.89. The molecule has 0 aromatic carbocycles. The number of hydrogen-bond donors (Lipinski definition) is 1. The first-order valence-electron chi connectivity index (χ1n) is 5.20. The number of carbonyl (C=O) groups is 2. The number of amides is 1. The number of likely N-dealkylation sites (N-methyl/N-ethyl adjacent to an activating group) is 1. The van der Waals surface area contributed by atoms with E-state index in [1.165, 1.54) is 11.8 Å². The Morgan fingerprint density at radius 3 is 2.69 bits per heavy atom. The van der Waals surface area contributed by atoms with Crippen LogP contribution in [0.2, 0.25) is 0 Å². The van der Waals surface area contributed by atoms with Gasteiger partial charge in [-0.1, -0.05) is 0 Å². The molecule has 1 rings (SSSR count). The predicted molar refractivity (Wildman–Crippen MR) is 61.5 cm³/mol. The minimum atomic E-state index is -0.891. The average Bonchev–Trinajstić information content (AvgIpc) is 2.68. The summed E-state index contributed by atoms with van der Waals surface area (Å²) in [6, 6.07) is -0.317. The molecule has 0 aromatic rings. The van der Waals surface area contributed by atoms with Gasteiger partial charge >= 0.3 is 5.97 Å². The molecule has 0 bridgehead atoms. The van der Waals surface area contributed by atoms with Gasteiger partial charge in [0, 0.05) is 6.54 Å². The Balaban J connectivity index is 2.71. The lowest BCUT2D eigenvalue weighted by atomic mass is 10.0. The monoisotopic (exact) mass is 247 g/mol. The molecular weight excluding hydrogens is 230 g/mol. The number of nitrogens with zero attached hydrogens (tertiary/aromatic N) is 1. The third-order valence-electron chi connectivity index (χ3n) is 2.70. The minimum absolute atomic E-state index is 0.0169. The molecule has 0 radical (unpaired) electrons. The Hall–Kier alpha value is -0.750. The van der Waals surface area contributed by atoms with Crippen molar-refractivity contribution < 1.29 is 19.4 Å². The number of carboxylic acid groups (broad SMARTS) is 1. The van der Waals surface area contributed by atoms with Crippen LogP contribution in [0.1, 0.15) is 6.92 Å². The second kappa shape index (κ2) is 6.10. The standard InChI is InChI=1S/C10H17NO4S/c1-3-11(9(12)6-16-2)8-5-15-4-7(8)10(13)14/h7-8H,3-6H2,1-2H3,(H,13,14). The summed E-state index contributed by atoms with van der Waals surface area (Å²) in [6.07, 6.45) is 1.85. The number of ether oxygens (including phenoxy) is 1. The van der Waals surface area contributed by atoms with Gasteiger partial charge in [0.15, 0.2) is 0 Å². The Bertz CT molecular complexity index is 272. The Labute approximate surface area is 99.1 Å². The lowest BCUT2D eigenvalue weighted by Gasteiger charge is -2.29. The van der Waals surface area contributed by atoms with Crippen LogP contribution in [0.3, 0.4) is 0 Å². The molecule has 0 aromatic heterocycles. The van der Waals surface area contributed by atoms with E-state index in [2.05, 4.69) is 0 Å². The summed E-state index contributed by atoms with van der Waals surface area (Å²) in [7, 11) is 0. The van der Waals surface area contributed by atoms with Crippen LogP contribution in [-0.4, -0.2) is 59.7 Å². The molecule has 1 amide bonds. The number of thioether (sulfide) groups is 1. The van der Waals surface area contributed by atoms with Gasteiger partial charge in [0.2, 0.25) is 5.91 Å². The Kier molecular flexibility index (Phi) is 5.08. The SMILES string of the molecule is CCN(C(=O)CSC)C1COCC1C(=O)O. The third-order valence-corrected chi connectivity index (χ3v) is 3.23. The van der Waals surface area contributed by atoms with E-state index in [0.717, 1.165) is 0 Å². The molecule has 1 fully saturated rings. The molecule has 5 nitrogen and oxygen atoms in total. The maximum absolute atomic E-state index is 11.8. The zero-order valence-electron chi connectivity index (χ0n) is 9.51. The zero-order chi connectivity index (χ0) is 12.1. The third kappa shape index (κ3) is 2.89. The number of rotatable bonds is 5. The van der Waals surface area contributed by atoms with E-state index in [1.54, 1.807) is 4.90 Å². The van der Waals surface area contributed by atoms with Gasteiger partial charge in [-0.05, 0) is 13.2 Å². The van der Waals surface area contributed by atoms with Crippen LogP contribution in [0.25, 0.3) is 0 Å². The van der Waals surface area contributed by atoms with Crippen molar-refractivity contribution in [3.63, 3.8) is 0 Å². The molecule has 0 aliphatic carbocycles. The molecule has 1 N–H and O–H groups in total. The topological polar surface area (TPSA) is 66.8 Å². The number of carbonyl (C=O) groups excluding carboxylic acids is 1. The van der Waals surface area contributed by atoms with Crippen LogP contribution in [0.4, 0.5) is 0 Å². The van der Waals surface area contributed by atoms with E-state index >= 15 is 0 Å². The van der Waals surface area contributed by atoms with Gasteiger partial charge < -0.3 is 14.7 Å². The Morgan fingerprint density at radius 1 is 1.50 bits per heavy atom. The predicted octanol–water partition coefficient (Wildman–Crippen LogP) is 0.297. The van der Waals surface area contributed by atoms with Crippen LogP contribution in [0.15, 0.2) is 0 Å². The second-order valence-electron chi connectivity index (χ2n) is 3.66. The van der Waals surface area contributed by atoms with Crippen LogP contribution in [0.5, 0.6) is 0 Å². The largest absolute Gasteiger partial charge is 0.481 e. The van der Waals surface area contributed by atoms with Gasteiger partial charge in [0.25, 0.3) is 0 Å². The van der Waals surface area contributed by atoms with E-state index in [1.807, 2.05) is 13.2 Å². The fraction of sp³-hybridized carbons (Fsp3) is 0.800. The van der Waals surface area contributed by atoms with Gasteiger partial charge in [-0.3, -0.25) is 9.59 Å². The first kappa shape index (κ1) is 13.3. The van der Waals surface area contributed by atoms with Crippen molar-refractivity contribution in [1.29, 1.82) is 0 Å². The molecule has 2 atom stereocenters. The summed E-state index contributed by atoms with van der Waals surface area (Å²) in [5, 5.41) is 9.02. The second-order valence-corrected chi connectivity index (χ2v) is 4.53. The average molecular weight is 247 g/mol. The molecule has 2 unspecified atom stereocenters. The first-order chi connectivity index (χ1) is 7.61. The molecular formula is C10H17NO4S. The fourth-order valence-corrected chi connectivity index (χ4v) is 2.30. The van der Waals surface area contributed by atoms with E-state index in [0.29, 0.717) is 18.9 Å². The first-order valence-corrected chi connectivity index (χ1v) is 6.60. The smallest absolute Gasteiger partial charge is 0.311 e. The quantitative estimate of drug-likeness (QED) is 0.756. The maximum atomic E-state index is 11.8. The van der Waals surface area contributed by atoms with Crippen molar-refractivity contribution in [3.8, 4) is 0 Å². The van der Waals surface area contributed by atoms with Gasteiger partial charge in [-0.2, -0.15) is 11.8 Å². The molecule has 1 aliphatic rings. The summed E-state index contributed by atoms with van der Waals surface area (Å²) in [6.45, 7) is 2.90. The highest BCUT2D eigenvalue weighted by molar-refractivity contribution is 7.99. The minimum Gasteiger partial charge on any atom is -0.481 e. The molecule has 92 valence electrons. The lowest BCUT2D eigenvalue weighted by molar-refractivity contribution is -0.144. The molecule has 1 heterocycles. The van der Waals surface area contributed by atoms with E-state index in [4.69, 9.17) is 9.84 Å². The number of aliphatic carboxylic acids is 1. The summed E-state index contributed by atoms with van der Waals surface area (Å²) in [4.78, 5) is 24.4. The highest BCUT2D eigenvalue weighted by Crippen LogP contribution is 2.20. The summed E-state index contributed by atoms with van der Waals surface area (Å²) in [5.41, 5.74) is 0. The summed E-state index contributed by atoms with van der Waals surface area (Å²) in [5.74, 6) is -1.11. The van der Waals surface area contributed by atoms with Crippen molar-refractivity contribution in [2.45, 2.75) is 13.0 Å². The van der Waals surface area contributed by atoms with Gasteiger partial charge in [0.1, 0.15) is 5.92 Å². The Morgan fingerprint density at radius 2 is 2.19 bits per heavy atom. The van der Waals surface area contributed by atoms with E-state index in [-0.39, 0.29) is 18.6 Å². The van der Waals surface area contributed by atoms with Crippen molar-refractivity contribution in [2.24, 2.45) is 5.92 Å². The van der Waals surface area contributed by atoms with Crippen LogP contribution in [-0.2, 0) is 14.3 Å². The number of carboxylic acids is 1. The normalized spacial score (nSPS) is 24.4. The summed E-state index contributed by atoms with van der Waals surface area (Å²) < 4.78 is 5.16. The summed E-state index contributed by atoms with van der Waals surface area (Å²) >= 11 is 1.44. The lowest BCUT2D eigenvalue weighted by Crippen LogP contribution is -2.47. The van der Waals surface area contributed by atoms with Gasteiger partial charge in [-0.15, -0.1) is 0 Å².